The number of anilines is 2. The lowest BCUT2D eigenvalue weighted by atomic mass is 10.2. The summed E-state index contributed by atoms with van der Waals surface area (Å²) in [5.41, 5.74) is 6.85. The number of nitrogens with two attached hydrogens (primary N) is 1. The van der Waals surface area contributed by atoms with Gasteiger partial charge in [-0.05, 0) is 30.3 Å². The molecule has 0 aliphatic rings. The Kier molecular flexibility index (Phi) is 3.66. The number of nitrogens with one attached hydrogen (secondary N) is 1. The smallest absolute Gasteiger partial charge is 0.255 e. The quantitative estimate of drug-likeness (QED) is 0.834. The van der Waals surface area contributed by atoms with E-state index in [0.717, 1.165) is 6.07 Å². The van der Waals surface area contributed by atoms with Crippen molar-refractivity contribution in [1.82, 2.24) is 0 Å². The molecule has 5 heteroatoms. The predicted molar refractivity (Wildman–Crippen MR) is 71.8 cm³/mol. The third-order valence-electron chi connectivity index (χ3n) is 2.62. The summed E-state index contributed by atoms with van der Waals surface area (Å²) < 4.78 is 18.3. The number of halogens is 1. The Morgan fingerprint density at radius 1 is 1.26 bits per heavy atom. The van der Waals surface area contributed by atoms with Gasteiger partial charge in [0.25, 0.3) is 5.91 Å². The summed E-state index contributed by atoms with van der Waals surface area (Å²) in [6.07, 6.45) is 0. The first-order valence-electron chi connectivity index (χ1n) is 5.61. The average Bonchev–Trinajstić information content (AvgIpc) is 2.41. The molecule has 2 aromatic carbocycles. The summed E-state index contributed by atoms with van der Waals surface area (Å²) in [5.74, 6) is -0.925. The molecule has 0 saturated carbocycles. The van der Waals surface area contributed by atoms with E-state index in [2.05, 4.69) is 5.32 Å². The highest BCUT2D eigenvalue weighted by molar-refractivity contribution is 6.05. The fourth-order valence-corrected chi connectivity index (χ4v) is 1.61. The summed E-state index contributed by atoms with van der Waals surface area (Å²) in [6.45, 7) is 0. The number of methoxy groups -OCH3 is 1. The van der Waals surface area contributed by atoms with E-state index < -0.39 is 11.7 Å². The van der Waals surface area contributed by atoms with E-state index in [1.807, 2.05) is 0 Å². The molecule has 0 aliphatic heterocycles. The molecule has 0 spiro atoms. The summed E-state index contributed by atoms with van der Waals surface area (Å²) >= 11 is 0. The highest BCUT2D eigenvalue weighted by Gasteiger charge is 2.11. The average molecular weight is 260 g/mol. The Hall–Kier alpha value is -2.56. The van der Waals surface area contributed by atoms with E-state index >= 15 is 0 Å². The van der Waals surface area contributed by atoms with Crippen molar-refractivity contribution in [2.45, 2.75) is 0 Å². The minimum absolute atomic E-state index is 0.0933. The van der Waals surface area contributed by atoms with Gasteiger partial charge in [-0.25, -0.2) is 4.39 Å². The van der Waals surface area contributed by atoms with Crippen LogP contribution in [-0.4, -0.2) is 13.0 Å². The number of hydrogen-bond donors (Lipinski definition) is 2. The Bertz CT molecular complexity index is 614. The van der Waals surface area contributed by atoms with E-state index in [1.165, 1.54) is 19.2 Å². The Labute approximate surface area is 110 Å². The number of carbonyl (C=O) groups excluding carboxylic acids is 1. The maximum absolute atomic E-state index is 13.5. The van der Waals surface area contributed by atoms with Crippen molar-refractivity contribution in [2.24, 2.45) is 0 Å². The van der Waals surface area contributed by atoms with Gasteiger partial charge in [-0.1, -0.05) is 12.1 Å². The maximum atomic E-state index is 13.5. The van der Waals surface area contributed by atoms with E-state index in [0.29, 0.717) is 11.4 Å². The van der Waals surface area contributed by atoms with Crippen molar-refractivity contribution in [3.05, 3.63) is 53.8 Å². The van der Waals surface area contributed by atoms with Crippen LogP contribution in [0.15, 0.2) is 42.5 Å². The van der Waals surface area contributed by atoms with Gasteiger partial charge in [-0.15, -0.1) is 0 Å². The van der Waals surface area contributed by atoms with Crippen LogP contribution in [0.2, 0.25) is 0 Å². The monoisotopic (exact) mass is 260 g/mol. The van der Waals surface area contributed by atoms with Crippen LogP contribution in [0.1, 0.15) is 10.4 Å². The molecule has 0 bridgehead atoms. The van der Waals surface area contributed by atoms with Crippen molar-refractivity contribution in [3.8, 4) is 5.75 Å². The molecule has 19 heavy (non-hydrogen) atoms. The lowest BCUT2D eigenvalue weighted by Gasteiger charge is -2.08. The zero-order valence-electron chi connectivity index (χ0n) is 10.3. The van der Waals surface area contributed by atoms with Gasteiger partial charge in [-0.3, -0.25) is 4.79 Å². The Morgan fingerprint density at radius 2 is 2.00 bits per heavy atom. The Balaban J connectivity index is 2.21. The van der Waals surface area contributed by atoms with Crippen LogP contribution in [0.25, 0.3) is 0 Å². The molecule has 0 saturated heterocycles. The summed E-state index contributed by atoms with van der Waals surface area (Å²) in [7, 11) is 1.36. The number of para-hydroxylation sites is 2. The molecule has 0 aliphatic carbocycles. The van der Waals surface area contributed by atoms with Crippen LogP contribution in [-0.2, 0) is 0 Å². The zero-order valence-corrected chi connectivity index (χ0v) is 10.3. The standard InChI is InChI=1S/C14H13FN2O2/c1-19-13-7-6-9(8-10(13)15)14(18)17-12-5-3-2-4-11(12)16/h2-8H,16H2,1H3,(H,17,18). The second kappa shape index (κ2) is 5.39. The van der Waals surface area contributed by atoms with Crippen LogP contribution in [0.4, 0.5) is 15.8 Å². The van der Waals surface area contributed by atoms with Crippen molar-refractivity contribution < 1.29 is 13.9 Å². The number of hydrogen-bond acceptors (Lipinski definition) is 3. The molecular formula is C14H13FN2O2. The molecule has 0 atom stereocenters. The van der Waals surface area contributed by atoms with Gasteiger partial charge in [0.05, 0.1) is 18.5 Å². The van der Waals surface area contributed by atoms with Crippen molar-refractivity contribution in [1.29, 1.82) is 0 Å². The second-order valence-corrected chi connectivity index (χ2v) is 3.89. The molecule has 0 aromatic heterocycles. The number of nitrogen functional groups attached to an aromatic ring is 1. The maximum Gasteiger partial charge on any atom is 0.255 e. The van der Waals surface area contributed by atoms with Gasteiger partial charge in [0.2, 0.25) is 0 Å². The molecule has 2 aromatic rings. The fourth-order valence-electron chi connectivity index (χ4n) is 1.61. The van der Waals surface area contributed by atoms with Crippen molar-refractivity contribution in [3.63, 3.8) is 0 Å². The zero-order chi connectivity index (χ0) is 13.8. The van der Waals surface area contributed by atoms with Gasteiger partial charge in [0.1, 0.15) is 0 Å². The summed E-state index contributed by atoms with van der Waals surface area (Å²) in [5, 5.41) is 2.62. The van der Waals surface area contributed by atoms with E-state index in [1.54, 1.807) is 24.3 Å². The minimum Gasteiger partial charge on any atom is -0.494 e. The van der Waals surface area contributed by atoms with Gasteiger partial charge in [0, 0.05) is 5.56 Å². The predicted octanol–water partition coefficient (Wildman–Crippen LogP) is 2.67. The molecular weight excluding hydrogens is 247 g/mol. The third kappa shape index (κ3) is 2.82. The van der Waals surface area contributed by atoms with Gasteiger partial charge >= 0.3 is 0 Å². The van der Waals surface area contributed by atoms with E-state index in [-0.39, 0.29) is 11.3 Å². The molecule has 98 valence electrons. The normalized spacial score (nSPS) is 10.0. The first-order chi connectivity index (χ1) is 9.11. The first kappa shape index (κ1) is 12.9. The van der Waals surface area contributed by atoms with Crippen molar-refractivity contribution in [2.75, 3.05) is 18.2 Å². The molecule has 4 nitrogen and oxygen atoms in total. The number of carbonyl (C=O) groups is 1. The fraction of sp³-hybridized carbons (Fsp3) is 0.0714. The topological polar surface area (TPSA) is 64.3 Å². The van der Waals surface area contributed by atoms with Crippen molar-refractivity contribution >= 4 is 17.3 Å². The second-order valence-electron chi connectivity index (χ2n) is 3.89. The largest absolute Gasteiger partial charge is 0.494 e. The Morgan fingerprint density at radius 3 is 2.63 bits per heavy atom. The van der Waals surface area contributed by atoms with Gasteiger partial charge in [0.15, 0.2) is 11.6 Å². The number of rotatable bonds is 3. The SMILES string of the molecule is COc1ccc(C(=O)Nc2ccccc2N)cc1F. The van der Waals surface area contributed by atoms with Crippen LogP contribution in [0, 0.1) is 5.82 Å². The van der Waals surface area contributed by atoms with Gasteiger partial charge < -0.3 is 15.8 Å². The number of benzene rings is 2. The van der Waals surface area contributed by atoms with Gasteiger partial charge in [-0.2, -0.15) is 0 Å². The molecule has 2 rings (SSSR count). The van der Waals surface area contributed by atoms with Crippen LogP contribution in [0.5, 0.6) is 5.75 Å². The molecule has 0 radical (unpaired) electrons. The third-order valence-corrected chi connectivity index (χ3v) is 2.62. The molecule has 0 fully saturated rings. The highest BCUT2D eigenvalue weighted by atomic mass is 19.1. The summed E-state index contributed by atoms with van der Waals surface area (Å²) in [6, 6.07) is 10.9. The molecule has 0 unspecified atom stereocenters. The van der Waals surface area contributed by atoms with Crippen LogP contribution >= 0.6 is 0 Å². The summed E-state index contributed by atoms with van der Waals surface area (Å²) in [4.78, 5) is 11.9. The lowest BCUT2D eigenvalue weighted by molar-refractivity contribution is 0.102. The minimum atomic E-state index is -0.587. The lowest BCUT2D eigenvalue weighted by Crippen LogP contribution is -2.13. The van der Waals surface area contributed by atoms with Crippen LogP contribution < -0.4 is 15.8 Å². The first-order valence-corrected chi connectivity index (χ1v) is 5.61. The number of amides is 1. The van der Waals surface area contributed by atoms with E-state index in [4.69, 9.17) is 10.5 Å². The highest BCUT2D eigenvalue weighted by Crippen LogP contribution is 2.20. The molecule has 1 amide bonds. The number of ether oxygens (including phenoxy) is 1. The molecule has 3 N–H and O–H groups in total. The van der Waals surface area contributed by atoms with E-state index in [9.17, 15) is 9.18 Å². The van der Waals surface area contributed by atoms with Crippen LogP contribution in [0.3, 0.4) is 0 Å². The molecule has 0 heterocycles.